The number of likely N-dealkylation sites (N-methyl/N-ethyl adjacent to an activating group) is 1. The van der Waals surface area contributed by atoms with E-state index in [0.29, 0.717) is 24.2 Å². The van der Waals surface area contributed by atoms with Gasteiger partial charge >= 0.3 is 0 Å². The monoisotopic (exact) mass is 523 g/mol. The lowest BCUT2D eigenvalue weighted by Crippen LogP contribution is -2.50. The number of methoxy groups -OCH3 is 1. The molecule has 1 heterocycles. The summed E-state index contributed by atoms with van der Waals surface area (Å²) in [4.78, 5) is 18.4. The van der Waals surface area contributed by atoms with E-state index in [9.17, 15) is 4.79 Å². The molecule has 9 heteroatoms. The van der Waals surface area contributed by atoms with Crippen molar-refractivity contribution in [1.82, 2.24) is 20.9 Å². The molecule has 2 rings (SSSR count). The summed E-state index contributed by atoms with van der Waals surface area (Å²) in [6.07, 6.45) is 1.96. The number of aliphatic imine (C=N–C) groups is 1. The molecule has 1 aliphatic heterocycles. The molecule has 0 aliphatic carbocycles. The van der Waals surface area contributed by atoms with E-state index in [1.54, 1.807) is 20.2 Å². The number of piperidine rings is 1. The zero-order valence-electron chi connectivity index (χ0n) is 16.8. The molecule has 1 fully saturated rings. The van der Waals surface area contributed by atoms with Crippen LogP contribution in [0.25, 0.3) is 0 Å². The predicted molar refractivity (Wildman–Crippen MR) is 125 cm³/mol. The number of hydrogen-bond acceptors (Lipinski definition) is 4. The van der Waals surface area contributed by atoms with E-state index >= 15 is 0 Å². The standard InChI is InChI=1S/C19H30ClN5O2.HI/c1-4-22-19(23-12-14-5-6-15(20)11-17(14)27-3)24-16-7-9-25(10-8-16)13-18(26)21-2;/h5-6,11,16H,4,7-10,12-13H2,1-3H3,(H,21,26)(H2,22,23,24);1H. The van der Waals surface area contributed by atoms with Crippen molar-refractivity contribution in [1.29, 1.82) is 0 Å². The molecule has 3 N–H and O–H groups in total. The Bertz CT molecular complexity index is 651. The molecule has 28 heavy (non-hydrogen) atoms. The molecule has 0 saturated carbocycles. The van der Waals surface area contributed by atoms with Crippen LogP contribution in [0.3, 0.4) is 0 Å². The molecule has 158 valence electrons. The quantitative estimate of drug-likeness (QED) is 0.290. The minimum absolute atomic E-state index is 0. The Balaban J connectivity index is 0.00000392. The zero-order valence-corrected chi connectivity index (χ0v) is 19.8. The number of nitrogens with one attached hydrogen (secondary N) is 3. The summed E-state index contributed by atoms with van der Waals surface area (Å²) in [6.45, 7) is 5.61. The van der Waals surface area contributed by atoms with Crippen molar-refractivity contribution in [3.05, 3.63) is 28.8 Å². The van der Waals surface area contributed by atoms with Crippen LogP contribution in [0, 0.1) is 0 Å². The lowest BCUT2D eigenvalue weighted by atomic mass is 10.1. The minimum Gasteiger partial charge on any atom is -0.496 e. The second kappa shape index (κ2) is 13.1. The van der Waals surface area contributed by atoms with Crippen LogP contribution in [0.5, 0.6) is 5.75 Å². The van der Waals surface area contributed by atoms with Gasteiger partial charge in [0.15, 0.2) is 5.96 Å². The maximum absolute atomic E-state index is 11.5. The third-order valence-electron chi connectivity index (χ3n) is 4.58. The molecule has 0 aromatic heterocycles. The number of amides is 1. The number of hydrogen-bond donors (Lipinski definition) is 3. The Labute approximate surface area is 189 Å². The highest BCUT2D eigenvalue weighted by Crippen LogP contribution is 2.23. The van der Waals surface area contributed by atoms with Crippen LogP contribution in [-0.2, 0) is 11.3 Å². The third-order valence-corrected chi connectivity index (χ3v) is 4.81. The minimum atomic E-state index is 0. The molecule has 0 bridgehead atoms. The van der Waals surface area contributed by atoms with Gasteiger partial charge in [-0.25, -0.2) is 4.99 Å². The molecule has 1 amide bonds. The molecule has 0 unspecified atom stereocenters. The second-order valence-corrected chi connectivity index (χ2v) is 6.96. The van der Waals surface area contributed by atoms with Gasteiger partial charge in [-0.3, -0.25) is 9.69 Å². The van der Waals surface area contributed by atoms with Crippen LogP contribution in [0.1, 0.15) is 25.3 Å². The topological polar surface area (TPSA) is 78.0 Å². The number of likely N-dealkylation sites (tertiary alicyclic amines) is 1. The fourth-order valence-corrected chi connectivity index (χ4v) is 3.21. The predicted octanol–water partition coefficient (Wildman–Crippen LogP) is 2.23. The van der Waals surface area contributed by atoms with Crippen molar-refractivity contribution in [2.45, 2.75) is 32.4 Å². The van der Waals surface area contributed by atoms with Crippen LogP contribution < -0.4 is 20.7 Å². The lowest BCUT2D eigenvalue weighted by molar-refractivity contribution is -0.122. The third kappa shape index (κ3) is 8.00. The van der Waals surface area contributed by atoms with E-state index in [1.807, 2.05) is 19.1 Å². The Morgan fingerprint density at radius 3 is 2.68 bits per heavy atom. The lowest BCUT2D eigenvalue weighted by Gasteiger charge is -2.32. The highest BCUT2D eigenvalue weighted by Gasteiger charge is 2.21. The number of guanidine groups is 1. The van der Waals surface area contributed by atoms with E-state index in [2.05, 4.69) is 20.9 Å². The largest absolute Gasteiger partial charge is 0.496 e. The number of ether oxygens (including phenoxy) is 1. The van der Waals surface area contributed by atoms with Gasteiger partial charge in [-0.15, -0.1) is 24.0 Å². The number of benzene rings is 1. The highest BCUT2D eigenvalue weighted by molar-refractivity contribution is 14.0. The summed E-state index contributed by atoms with van der Waals surface area (Å²) < 4.78 is 5.39. The highest BCUT2D eigenvalue weighted by atomic mass is 127. The van der Waals surface area contributed by atoms with Crippen LogP contribution in [0.15, 0.2) is 23.2 Å². The molecule has 0 radical (unpaired) electrons. The summed E-state index contributed by atoms with van der Waals surface area (Å²) in [5, 5.41) is 10.1. The first kappa shape index (κ1) is 24.8. The summed E-state index contributed by atoms with van der Waals surface area (Å²) in [5.74, 6) is 1.59. The van der Waals surface area contributed by atoms with Gasteiger partial charge in [0.25, 0.3) is 0 Å². The molecular weight excluding hydrogens is 493 g/mol. The average molecular weight is 524 g/mol. The summed E-state index contributed by atoms with van der Waals surface area (Å²) in [6, 6.07) is 5.92. The normalized spacial score (nSPS) is 15.5. The van der Waals surface area contributed by atoms with Gasteiger partial charge in [0.1, 0.15) is 5.75 Å². The molecule has 1 saturated heterocycles. The Morgan fingerprint density at radius 1 is 1.36 bits per heavy atom. The van der Waals surface area contributed by atoms with Gasteiger partial charge in [-0.05, 0) is 31.9 Å². The molecule has 1 aliphatic rings. The molecule has 0 atom stereocenters. The fourth-order valence-electron chi connectivity index (χ4n) is 3.04. The summed E-state index contributed by atoms with van der Waals surface area (Å²) in [7, 11) is 3.31. The van der Waals surface area contributed by atoms with Gasteiger partial charge in [0.2, 0.25) is 5.91 Å². The molecule has 7 nitrogen and oxygen atoms in total. The maximum Gasteiger partial charge on any atom is 0.233 e. The van der Waals surface area contributed by atoms with Crippen molar-refractivity contribution in [3.63, 3.8) is 0 Å². The zero-order chi connectivity index (χ0) is 19.6. The van der Waals surface area contributed by atoms with Gasteiger partial charge in [0, 0.05) is 43.3 Å². The van der Waals surface area contributed by atoms with Gasteiger partial charge < -0.3 is 20.7 Å². The van der Waals surface area contributed by atoms with Crippen molar-refractivity contribution in [3.8, 4) is 5.75 Å². The molecule has 0 spiro atoms. The van der Waals surface area contributed by atoms with Gasteiger partial charge in [0.05, 0.1) is 20.2 Å². The number of halogens is 2. The SMILES string of the molecule is CCNC(=NCc1ccc(Cl)cc1OC)NC1CCN(CC(=O)NC)CC1.I. The van der Waals surface area contributed by atoms with Crippen molar-refractivity contribution >= 4 is 47.4 Å². The summed E-state index contributed by atoms with van der Waals surface area (Å²) >= 11 is 6.02. The Morgan fingerprint density at radius 2 is 2.07 bits per heavy atom. The number of carbonyl (C=O) groups is 1. The van der Waals surface area contributed by atoms with Crippen molar-refractivity contribution < 1.29 is 9.53 Å². The smallest absolute Gasteiger partial charge is 0.233 e. The second-order valence-electron chi connectivity index (χ2n) is 6.52. The van der Waals surface area contributed by atoms with Gasteiger partial charge in [-0.1, -0.05) is 17.7 Å². The molecule has 1 aromatic carbocycles. The maximum atomic E-state index is 11.5. The Kier molecular flexibility index (Phi) is 11.6. The van der Waals surface area contributed by atoms with Crippen LogP contribution in [0.2, 0.25) is 5.02 Å². The molecule has 1 aromatic rings. The van der Waals surface area contributed by atoms with E-state index < -0.39 is 0 Å². The van der Waals surface area contributed by atoms with E-state index in [0.717, 1.165) is 49.7 Å². The van der Waals surface area contributed by atoms with Crippen LogP contribution in [-0.4, -0.2) is 63.1 Å². The molecular formula is C19H31ClIN5O2. The fraction of sp³-hybridized carbons (Fsp3) is 0.579. The van der Waals surface area contributed by atoms with Crippen LogP contribution in [0.4, 0.5) is 0 Å². The van der Waals surface area contributed by atoms with Gasteiger partial charge in [-0.2, -0.15) is 0 Å². The van der Waals surface area contributed by atoms with Crippen molar-refractivity contribution in [2.24, 2.45) is 4.99 Å². The van der Waals surface area contributed by atoms with E-state index in [-0.39, 0.29) is 29.9 Å². The first-order chi connectivity index (χ1) is 13.0. The van der Waals surface area contributed by atoms with Crippen LogP contribution >= 0.6 is 35.6 Å². The van der Waals surface area contributed by atoms with E-state index in [1.165, 1.54) is 0 Å². The first-order valence-electron chi connectivity index (χ1n) is 9.35. The summed E-state index contributed by atoms with van der Waals surface area (Å²) in [5.41, 5.74) is 0.986. The number of rotatable bonds is 7. The van der Waals surface area contributed by atoms with E-state index in [4.69, 9.17) is 21.3 Å². The average Bonchev–Trinajstić information content (AvgIpc) is 2.68. The first-order valence-corrected chi connectivity index (χ1v) is 9.73. The Hall–Kier alpha value is -1.26. The van der Waals surface area contributed by atoms with Crippen molar-refractivity contribution in [2.75, 3.05) is 40.3 Å². The number of carbonyl (C=O) groups excluding carboxylic acids is 1. The number of nitrogens with zero attached hydrogens (tertiary/aromatic N) is 2.